The molecule has 4 bridgehead atoms. The Kier molecular flexibility index (Phi) is 6.86. The highest BCUT2D eigenvalue weighted by molar-refractivity contribution is 5.84. The Morgan fingerprint density at radius 2 is 1.82 bits per heavy atom. The number of anilines is 3. The van der Waals surface area contributed by atoms with Gasteiger partial charge in [-0.1, -0.05) is 18.2 Å². The Morgan fingerprint density at radius 1 is 1.06 bits per heavy atom. The molecule has 12 heteroatoms. The summed E-state index contributed by atoms with van der Waals surface area (Å²) in [6, 6.07) is 10.5. The highest BCUT2D eigenvalue weighted by Crippen LogP contribution is 2.60. The van der Waals surface area contributed by atoms with Crippen molar-refractivity contribution in [2.24, 2.45) is 30.2 Å². The minimum absolute atomic E-state index is 0.0150. The van der Waals surface area contributed by atoms with Gasteiger partial charge in [0.05, 0.1) is 28.4 Å². The van der Waals surface area contributed by atoms with Crippen LogP contribution in [0.4, 0.5) is 22.0 Å². The van der Waals surface area contributed by atoms with Gasteiger partial charge in [0.1, 0.15) is 12.4 Å². The van der Waals surface area contributed by atoms with Crippen LogP contribution in [-0.4, -0.2) is 35.3 Å². The van der Waals surface area contributed by atoms with Crippen LogP contribution in [0, 0.1) is 29.0 Å². The number of aryl methyl sites for hydroxylation is 1. The maximum absolute atomic E-state index is 15.6. The third-order valence-electron chi connectivity index (χ3n) is 11.1. The number of benzene rings is 2. The second-order valence-electron chi connectivity index (χ2n) is 14.7. The van der Waals surface area contributed by atoms with Crippen molar-refractivity contribution in [3.63, 3.8) is 0 Å². The molecule has 0 spiro atoms. The molecule has 11 nitrogen and oxygen atoms in total. The van der Waals surface area contributed by atoms with Crippen LogP contribution < -0.4 is 16.6 Å². The van der Waals surface area contributed by atoms with Gasteiger partial charge in [-0.25, -0.2) is 4.39 Å². The lowest BCUT2D eigenvalue weighted by Gasteiger charge is -2.55. The van der Waals surface area contributed by atoms with E-state index in [4.69, 9.17) is 10.5 Å². The summed E-state index contributed by atoms with van der Waals surface area (Å²) in [6.45, 7) is -0.128. The van der Waals surface area contributed by atoms with Crippen LogP contribution in [0.5, 0.6) is 0 Å². The van der Waals surface area contributed by atoms with Crippen LogP contribution in [0.15, 0.2) is 59.8 Å². The molecule has 3 N–H and O–H groups in total. The van der Waals surface area contributed by atoms with E-state index in [1.165, 1.54) is 29.9 Å². The van der Waals surface area contributed by atoms with Crippen LogP contribution in [0.25, 0.3) is 27.8 Å². The van der Waals surface area contributed by atoms with E-state index in [1.54, 1.807) is 54.6 Å². The fraction of sp³-hybridized carbons (Fsp3) is 0.405. The summed E-state index contributed by atoms with van der Waals surface area (Å²) in [5.41, 5.74) is 8.25. The van der Waals surface area contributed by atoms with Gasteiger partial charge >= 0.3 is 5.97 Å². The minimum Gasteiger partial charge on any atom is -0.460 e. The molecule has 49 heavy (non-hydrogen) atoms. The summed E-state index contributed by atoms with van der Waals surface area (Å²) in [5, 5.41) is 7.87. The molecule has 5 aliphatic carbocycles. The fourth-order valence-electron chi connectivity index (χ4n) is 9.19. The summed E-state index contributed by atoms with van der Waals surface area (Å²) in [5.74, 6) is 1.76. The van der Waals surface area contributed by atoms with Gasteiger partial charge in [0.2, 0.25) is 11.9 Å². The van der Waals surface area contributed by atoms with E-state index in [0.717, 1.165) is 37.7 Å². The number of esters is 1. The number of hydrogen-bond acceptors (Lipinski definition) is 9. The molecule has 10 rings (SSSR count). The first-order valence-corrected chi connectivity index (χ1v) is 17.1. The van der Waals surface area contributed by atoms with Crippen molar-refractivity contribution < 1.29 is 13.9 Å². The second-order valence-corrected chi connectivity index (χ2v) is 14.7. The summed E-state index contributed by atoms with van der Waals surface area (Å²) in [7, 11) is 1.80. The van der Waals surface area contributed by atoms with Crippen molar-refractivity contribution in [3.8, 4) is 17.1 Å². The maximum Gasteiger partial charge on any atom is 0.312 e. The van der Waals surface area contributed by atoms with E-state index in [-0.39, 0.29) is 35.7 Å². The van der Waals surface area contributed by atoms with Gasteiger partial charge in [-0.3, -0.25) is 18.8 Å². The summed E-state index contributed by atoms with van der Waals surface area (Å²) >= 11 is 0. The number of pyridine rings is 1. The third kappa shape index (κ3) is 5.33. The zero-order valence-electron chi connectivity index (χ0n) is 27.2. The number of nitrogen functional groups attached to an aromatic ring is 1. The number of rotatable bonds is 8. The summed E-state index contributed by atoms with van der Waals surface area (Å²) < 4.78 is 24.9. The number of nitrogens with one attached hydrogen (secondary N) is 1. The number of nitrogens with two attached hydrogens (primary N) is 1. The average Bonchev–Trinajstić information content (AvgIpc) is 3.84. The Morgan fingerprint density at radius 3 is 2.51 bits per heavy atom. The Balaban J connectivity index is 1.14. The molecule has 5 saturated carbocycles. The van der Waals surface area contributed by atoms with Crippen molar-refractivity contribution >= 4 is 34.3 Å². The van der Waals surface area contributed by atoms with Gasteiger partial charge in [-0.15, -0.1) is 0 Å². The van der Waals surface area contributed by atoms with Gasteiger partial charge in [-0.2, -0.15) is 20.1 Å². The fourth-order valence-corrected chi connectivity index (χ4v) is 9.19. The molecule has 0 radical (unpaired) electrons. The van der Waals surface area contributed by atoms with Crippen molar-refractivity contribution in [1.82, 2.24) is 29.3 Å². The first kappa shape index (κ1) is 30.0. The van der Waals surface area contributed by atoms with Crippen molar-refractivity contribution in [3.05, 3.63) is 82.3 Å². The molecule has 5 aliphatic rings. The third-order valence-corrected chi connectivity index (χ3v) is 11.1. The second kappa shape index (κ2) is 11.2. The van der Waals surface area contributed by atoms with Gasteiger partial charge in [-0.05, 0) is 104 Å². The monoisotopic (exact) mass is 660 g/mol. The zero-order valence-corrected chi connectivity index (χ0v) is 27.2. The Labute approximate surface area is 281 Å². The summed E-state index contributed by atoms with van der Waals surface area (Å²) in [4.78, 5) is 41.5. The lowest BCUT2D eigenvalue weighted by atomic mass is 9.49. The highest BCUT2D eigenvalue weighted by atomic mass is 19.1. The molecule has 0 unspecified atom stereocenters. The SMILES string of the molecule is Cn1cc(Nc2nc(N)nc(-c3cccc(-n4ccc5cc(C6CC6)cc(F)c5c4=O)c3COC(=O)C34CC5CC(CC(C5)C3)C4)n2)cn1. The van der Waals surface area contributed by atoms with E-state index in [0.29, 0.717) is 51.6 Å². The van der Waals surface area contributed by atoms with E-state index in [1.807, 2.05) is 6.07 Å². The smallest absolute Gasteiger partial charge is 0.312 e. The van der Waals surface area contributed by atoms with Crippen LogP contribution in [0.2, 0.25) is 0 Å². The van der Waals surface area contributed by atoms with Gasteiger partial charge in [0.25, 0.3) is 5.56 Å². The Hall–Kier alpha value is -5.13. The summed E-state index contributed by atoms with van der Waals surface area (Å²) in [6.07, 6.45) is 13.3. The lowest BCUT2D eigenvalue weighted by molar-refractivity contribution is -0.172. The van der Waals surface area contributed by atoms with Crippen molar-refractivity contribution in [2.75, 3.05) is 11.1 Å². The quantitative estimate of drug-likeness (QED) is 0.187. The van der Waals surface area contributed by atoms with Crippen LogP contribution in [0.3, 0.4) is 0 Å². The van der Waals surface area contributed by atoms with E-state index in [2.05, 4.69) is 25.4 Å². The molecule has 5 aromatic rings. The topological polar surface area (TPSA) is 143 Å². The number of aromatic nitrogens is 6. The molecule has 0 atom stereocenters. The molecule has 3 aromatic heterocycles. The van der Waals surface area contributed by atoms with Crippen molar-refractivity contribution in [2.45, 2.75) is 63.9 Å². The number of halogens is 1. The molecule has 0 amide bonds. The van der Waals surface area contributed by atoms with E-state index < -0.39 is 16.8 Å². The molecular weight excluding hydrogens is 623 g/mol. The van der Waals surface area contributed by atoms with Crippen LogP contribution in [-0.2, 0) is 23.2 Å². The number of nitrogens with zero attached hydrogens (tertiary/aromatic N) is 6. The lowest BCUT2D eigenvalue weighted by Crippen LogP contribution is -2.50. The predicted molar refractivity (Wildman–Crippen MR) is 182 cm³/mol. The van der Waals surface area contributed by atoms with Crippen LogP contribution in [0.1, 0.15) is 68.4 Å². The molecule has 250 valence electrons. The first-order chi connectivity index (χ1) is 23.7. The predicted octanol–water partition coefficient (Wildman–Crippen LogP) is 6.18. The zero-order chi connectivity index (χ0) is 33.4. The van der Waals surface area contributed by atoms with Crippen LogP contribution >= 0.6 is 0 Å². The molecular formula is C37H37FN8O3. The number of carbonyl (C=O) groups excluding carboxylic acids is 1. The number of ether oxygens (including phenoxy) is 1. The first-order valence-electron chi connectivity index (χ1n) is 17.1. The molecule has 0 saturated heterocycles. The normalized spacial score (nSPS) is 24.0. The Bertz CT molecular complexity index is 2170. The maximum atomic E-state index is 15.6. The number of fused-ring (bicyclic) bond motifs is 1. The number of hydrogen-bond donors (Lipinski definition) is 2. The molecule has 0 aliphatic heterocycles. The van der Waals surface area contributed by atoms with Gasteiger partial charge in [0.15, 0.2) is 5.82 Å². The largest absolute Gasteiger partial charge is 0.460 e. The van der Waals surface area contributed by atoms with Crippen molar-refractivity contribution in [1.29, 1.82) is 0 Å². The standard InChI is InChI=1S/C37H37FN8O3/c1-45-18-26(17-40-45)41-36-43-32(42-35(39)44-36)27-3-2-4-30(46-8-7-24-12-25(23-5-6-23)13-29(38)31(24)33(46)47)28(27)19-49-34(48)37-14-20-9-21(15-37)11-22(10-20)16-37/h2-4,7-8,12-13,17-18,20-23H,5-6,9-11,14-16,19H2,1H3,(H3,39,41,42,43,44). The molecule has 3 heterocycles. The molecule has 2 aromatic carbocycles. The van der Waals surface area contributed by atoms with E-state index >= 15 is 4.39 Å². The molecule has 5 fully saturated rings. The van der Waals surface area contributed by atoms with Gasteiger partial charge < -0.3 is 15.8 Å². The van der Waals surface area contributed by atoms with E-state index in [9.17, 15) is 9.59 Å². The highest BCUT2D eigenvalue weighted by Gasteiger charge is 2.55. The van der Waals surface area contributed by atoms with Gasteiger partial charge in [0, 0.05) is 30.6 Å². The number of carbonyl (C=O) groups is 1. The average molecular weight is 661 g/mol. The minimum atomic E-state index is -0.541.